The predicted molar refractivity (Wildman–Crippen MR) is 62.2 cm³/mol. The van der Waals surface area contributed by atoms with Gasteiger partial charge in [-0.3, -0.25) is 15.4 Å². The SMILES string of the molecule is CCCCNC(C#N)c1ccc([N+](=O)[O-])s1. The molecule has 1 heterocycles. The number of thiophene rings is 1. The largest absolute Gasteiger partial charge is 0.324 e. The highest BCUT2D eigenvalue weighted by molar-refractivity contribution is 7.15. The van der Waals surface area contributed by atoms with Crippen molar-refractivity contribution < 1.29 is 4.92 Å². The summed E-state index contributed by atoms with van der Waals surface area (Å²) in [5.74, 6) is 0. The highest BCUT2D eigenvalue weighted by atomic mass is 32.1. The average Bonchev–Trinajstić information content (AvgIpc) is 2.74. The highest BCUT2D eigenvalue weighted by Crippen LogP contribution is 2.28. The third kappa shape index (κ3) is 3.29. The van der Waals surface area contributed by atoms with Gasteiger partial charge in [0.15, 0.2) is 0 Å². The second-order valence-corrected chi connectivity index (χ2v) is 4.40. The molecule has 0 radical (unpaired) electrons. The quantitative estimate of drug-likeness (QED) is 0.470. The van der Waals surface area contributed by atoms with Gasteiger partial charge < -0.3 is 0 Å². The minimum absolute atomic E-state index is 0.0764. The van der Waals surface area contributed by atoms with Gasteiger partial charge in [0, 0.05) is 10.9 Å². The van der Waals surface area contributed by atoms with E-state index in [1.165, 1.54) is 6.07 Å². The van der Waals surface area contributed by atoms with Gasteiger partial charge in [-0.1, -0.05) is 24.7 Å². The molecule has 0 saturated heterocycles. The van der Waals surface area contributed by atoms with Crippen LogP contribution in [0.3, 0.4) is 0 Å². The van der Waals surface area contributed by atoms with Crippen molar-refractivity contribution in [3.63, 3.8) is 0 Å². The lowest BCUT2D eigenvalue weighted by Gasteiger charge is -2.07. The molecule has 1 atom stereocenters. The molecule has 0 bridgehead atoms. The third-order valence-corrected chi connectivity index (χ3v) is 3.19. The molecule has 0 aromatic carbocycles. The molecule has 0 saturated carbocycles. The van der Waals surface area contributed by atoms with Crippen molar-refractivity contribution in [1.29, 1.82) is 5.26 Å². The molecular formula is C10H13N3O2S. The molecule has 0 aliphatic carbocycles. The fourth-order valence-corrected chi connectivity index (χ4v) is 2.07. The van der Waals surface area contributed by atoms with Crippen LogP contribution in [0.15, 0.2) is 12.1 Å². The van der Waals surface area contributed by atoms with Gasteiger partial charge in [-0.15, -0.1) is 0 Å². The molecule has 0 aliphatic rings. The number of hydrogen-bond donors (Lipinski definition) is 1. The molecule has 0 fully saturated rings. The van der Waals surface area contributed by atoms with Crippen LogP contribution in [0.25, 0.3) is 0 Å². The number of unbranched alkanes of at least 4 members (excludes halogenated alkanes) is 1. The van der Waals surface area contributed by atoms with Crippen LogP contribution in [0.4, 0.5) is 5.00 Å². The summed E-state index contributed by atoms with van der Waals surface area (Å²) in [6.07, 6.45) is 2.04. The normalized spacial score (nSPS) is 12.0. The zero-order valence-electron chi connectivity index (χ0n) is 8.97. The summed E-state index contributed by atoms with van der Waals surface area (Å²) < 4.78 is 0. The summed E-state index contributed by atoms with van der Waals surface area (Å²) in [5, 5.41) is 22.6. The zero-order valence-corrected chi connectivity index (χ0v) is 9.79. The van der Waals surface area contributed by atoms with E-state index in [4.69, 9.17) is 5.26 Å². The van der Waals surface area contributed by atoms with E-state index < -0.39 is 11.0 Å². The van der Waals surface area contributed by atoms with Crippen LogP contribution >= 0.6 is 11.3 Å². The van der Waals surface area contributed by atoms with Crippen molar-refractivity contribution in [2.45, 2.75) is 25.8 Å². The van der Waals surface area contributed by atoms with Gasteiger partial charge in [-0.25, -0.2) is 0 Å². The fraction of sp³-hybridized carbons (Fsp3) is 0.500. The second kappa shape index (κ2) is 6.20. The Balaban J connectivity index is 2.65. The lowest BCUT2D eigenvalue weighted by Crippen LogP contribution is -2.20. The molecular weight excluding hydrogens is 226 g/mol. The first-order chi connectivity index (χ1) is 7.69. The molecule has 0 aliphatic heterocycles. The van der Waals surface area contributed by atoms with E-state index in [-0.39, 0.29) is 5.00 Å². The van der Waals surface area contributed by atoms with E-state index in [0.29, 0.717) is 4.88 Å². The van der Waals surface area contributed by atoms with E-state index in [9.17, 15) is 10.1 Å². The summed E-state index contributed by atoms with van der Waals surface area (Å²) in [6.45, 7) is 2.82. The Morgan fingerprint density at radius 3 is 2.94 bits per heavy atom. The lowest BCUT2D eigenvalue weighted by molar-refractivity contribution is -0.380. The van der Waals surface area contributed by atoms with Crippen LogP contribution in [0.5, 0.6) is 0 Å². The van der Waals surface area contributed by atoms with E-state index in [2.05, 4.69) is 18.3 Å². The third-order valence-electron chi connectivity index (χ3n) is 2.08. The van der Waals surface area contributed by atoms with Crippen LogP contribution in [-0.4, -0.2) is 11.5 Å². The van der Waals surface area contributed by atoms with E-state index in [1.807, 2.05) is 0 Å². The first-order valence-corrected chi connectivity index (χ1v) is 5.87. The highest BCUT2D eigenvalue weighted by Gasteiger charge is 2.16. The monoisotopic (exact) mass is 239 g/mol. The Hall–Kier alpha value is -1.45. The lowest BCUT2D eigenvalue weighted by atomic mass is 10.2. The minimum Gasteiger partial charge on any atom is -0.298 e. The smallest absolute Gasteiger partial charge is 0.298 e. The predicted octanol–water partition coefficient (Wildman–Crippen LogP) is 2.61. The van der Waals surface area contributed by atoms with Crippen LogP contribution in [0, 0.1) is 21.4 Å². The number of rotatable bonds is 6. The second-order valence-electron chi connectivity index (χ2n) is 3.30. The molecule has 16 heavy (non-hydrogen) atoms. The average molecular weight is 239 g/mol. The molecule has 1 N–H and O–H groups in total. The Bertz CT molecular complexity index is 397. The van der Waals surface area contributed by atoms with Crippen LogP contribution < -0.4 is 5.32 Å². The zero-order chi connectivity index (χ0) is 12.0. The fourth-order valence-electron chi connectivity index (χ4n) is 1.23. The van der Waals surface area contributed by atoms with E-state index in [0.717, 1.165) is 30.7 Å². The standard InChI is InChI=1S/C10H13N3O2S/c1-2-3-6-12-8(7-11)9-4-5-10(16-9)13(14)15/h4-5,8,12H,2-3,6H2,1H3. The van der Waals surface area contributed by atoms with E-state index in [1.54, 1.807) is 6.07 Å². The van der Waals surface area contributed by atoms with Crippen LogP contribution in [0.1, 0.15) is 30.7 Å². The molecule has 1 aromatic rings. The molecule has 1 aromatic heterocycles. The number of nitriles is 1. The number of hydrogen-bond acceptors (Lipinski definition) is 5. The summed E-state index contributed by atoms with van der Waals surface area (Å²) in [7, 11) is 0. The van der Waals surface area contributed by atoms with Gasteiger partial charge in [0.25, 0.3) is 0 Å². The van der Waals surface area contributed by atoms with Crippen LogP contribution in [0.2, 0.25) is 0 Å². The molecule has 0 spiro atoms. The maximum Gasteiger partial charge on any atom is 0.324 e. The molecule has 1 rings (SSSR count). The Kier molecular flexibility index (Phi) is 4.89. The Morgan fingerprint density at radius 2 is 2.44 bits per heavy atom. The molecule has 6 heteroatoms. The molecule has 86 valence electrons. The summed E-state index contributed by atoms with van der Waals surface area (Å²) >= 11 is 1.05. The summed E-state index contributed by atoms with van der Waals surface area (Å²) in [6, 6.07) is 4.74. The maximum atomic E-state index is 10.5. The van der Waals surface area contributed by atoms with Gasteiger partial charge in [0.05, 0.1) is 11.0 Å². The van der Waals surface area contributed by atoms with Crippen molar-refractivity contribution in [3.05, 3.63) is 27.1 Å². The van der Waals surface area contributed by atoms with Gasteiger partial charge in [0.2, 0.25) is 0 Å². The number of nitro groups is 1. The van der Waals surface area contributed by atoms with Gasteiger partial charge in [0.1, 0.15) is 6.04 Å². The molecule has 0 amide bonds. The van der Waals surface area contributed by atoms with Crippen molar-refractivity contribution in [1.82, 2.24) is 5.32 Å². The van der Waals surface area contributed by atoms with Crippen molar-refractivity contribution in [2.75, 3.05) is 6.54 Å². The summed E-state index contributed by atoms with van der Waals surface area (Å²) in [5.41, 5.74) is 0. The van der Waals surface area contributed by atoms with Gasteiger partial charge >= 0.3 is 5.00 Å². The number of nitrogens with zero attached hydrogens (tertiary/aromatic N) is 2. The van der Waals surface area contributed by atoms with Crippen molar-refractivity contribution >= 4 is 16.3 Å². The van der Waals surface area contributed by atoms with Crippen molar-refractivity contribution in [2.24, 2.45) is 0 Å². The topological polar surface area (TPSA) is 79.0 Å². The van der Waals surface area contributed by atoms with Crippen LogP contribution in [-0.2, 0) is 0 Å². The summed E-state index contributed by atoms with van der Waals surface area (Å²) in [4.78, 5) is 10.8. The maximum absolute atomic E-state index is 10.5. The first-order valence-electron chi connectivity index (χ1n) is 5.06. The molecule has 1 unspecified atom stereocenters. The Morgan fingerprint density at radius 1 is 1.69 bits per heavy atom. The van der Waals surface area contributed by atoms with Crippen molar-refractivity contribution in [3.8, 4) is 6.07 Å². The number of nitrogens with one attached hydrogen (secondary N) is 1. The minimum atomic E-state index is -0.440. The Labute approximate surface area is 97.9 Å². The van der Waals surface area contributed by atoms with Gasteiger partial charge in [-0.05, 0) is 19.0 Å². The first kappa shape index (κ1) is 12.6. The van der Waals surface area contributed by atoms with Gasteiger partial charge in [-0.2, -0.15) is 5.26 Å². The molecule has 5 nitrogen and oxygen atoms in total. The van der Waals surface area contributed by atoms with E-state index >= 15 is 0 Å².